The van der Waals surface area contributed by atoms with Gasteiger partial charge in [0.2, 0.25) is 0 Å². The molecule has 2 aromatic rings. The highest BCUT2D eigenvalue weighted by Gasteiger charge is 2.24. The van der Waals surface area contributed by atoms with Crippen LogP contribution in [0.1, 0.15) is 119 Å². The molecule has 0 saturated heterocycles. The van der Waals surface area contributed by atoms with Crippen LogP contribution in [0, 0.1) is 0 Å². The Morgan fingerprint density at radius 1 is 0.471 bits per heavy atom. The van der Waals surface area contributed by atoms with Crippen LogP contribution in [0.3, 0.4) is 0 Å². The Bertz CT molecular complexity index is 996. The third kappa shape index (κ3) is 6.90. The molecular weight excluding hydrogens is 412 g/mol. The number of hydrogen-bond acceptors (Lipinski definition) is 2. The average Bonchev–Trinajstić information content (AvgIpc) is 2.65. The smallest absolute Gasteiger partial charge is 0.0671 e. The van der Waals surface area contributed by atoms with Crippen molar-refractivity contribution in [1.29, 1.82) is 0 Å². The van der Waals surface area contributed by atoms with Crippen LogP contribution in [0.2, 0.25) is 0 Å². The molecule has 2 heteroatoms. The fraction of sp³-hybridized carbons (Fsp3) is 0.562. The molecule has 0 aliphatic carbocycles. The number of rotatable bonds is 3. The topological polar surface area (TPSA) is 24.7 Å². The molecule has 0 aromatic heterocycles. The summed E-state index contributed by atoms with van der Waals surface area (Å²) in [5.74, 6) is 0. The van der Waals surface area contributed by atoms with E-state index in [1.807, 2.05) is 0 Å². The average molecular weight is 461 g/mol. The van der Waals surface area contributed by atoms with Gasteiger partial charge < -0.3 is 0 Å². The Morgan fingerprint density at radius 2 is 0.765 bits per heavy atom. The van der Waals surface area contributed by atoms with E-state index in [1.54, 1.807) is 0 Å². The Kier molecular flexibility index (Phi) is 7.78. The zero-order valence-corrected chi connectivity index (χ0v) is 24.4. The summed E-state index contributed by atoms with van der Waals surface area (Å²) >= 11 is 0. The first-order chi connectivity index (χ1) is 15.2. The lowest BCUT2D eigenvalue weighted by Gasteiger charge is -2.27. The summed E-state index contributed by atoms with van der Waals surface area (Å²) in [5, 5.41) is 0. The Morgan fingerprint density at radius 3 is 1.00 bits per heavy atom. The first-order valence-electron chi connectivity index (χ1n) is 12.6. The minimum absolute atomic E-state index is 0.00755. The lowest BCUT2D eigenvalue weighted by molar-refractivity contribution is 0.569. The van der Waals surface area contributed by atoms with Crippen LogP contribution >= 0.6 is 0 Å². The van der Waals surface area contributed by atoms with E-state index < -0.39 is 0 Å². The molecule has 0 spiro atoms. The van der Waals surface area contributed by atoms with E-state index in [9.17, 15) is 0 Å². The van der Waals surface area contributed by atoms with E-state index in [0.29, 0.717) is 0 Å². The van der Waals surface area contributed by atoms with Crippen LogP contribution in [0.15, 0.2) is 46.4 Å². The predicted octanol–water partition coefficient (Wildman–Crippen LogP) is 9.76. The molecule has 0 aliphatic rings. The maximum absolute atomic E-state index is 5.08. The molecule has 0 radical (unpaired) electrons. The summed E-state index contributed by atoms with van der Waals surface area (Å²) in [4.78, 5) is 10.2. The second kappa shape index (κ2) is 9.44. The third-order valence-corrected chi connectivity index (χ3v) is 6.44. The lowest BCUT2D eigenvalue weighted by atomic mass is 9.80. The van der Waals surface area contributed by atoms with Crippen LogP contribution in [-0.2, 0) is 21.7 Å². The molecule has 2 rings (SSSR count). The third-order valence-electron chi connectivity index (χ3n) is 6.44. The molecule has 0 atom stereocenters. The van der Waals surface area contributed by atoms with Crippen LogP contribution < -0.4 is 0 Å². The maximum Gasteiger partial charge on any atom is 0.0671 e. The van der Waals surface area contributed by atoms with Gasteiger partial charge in [-0.3, -0.25) is 9.98 Å². The first kappa shape index (κ1) is 28.0. The zero-order valence-electron chi connectivity index (χ0n) is 24.4. The zero-order chi connectivity index (χ0) is 26.3. The normalized spacial score (nSPS) is 14.5. The summed E-state index contributed by atoms with van der Waals surface area (Å²) in [5.41, 5.74) is 9.44. The van der Waals surface area contributed by atoms with Gasteiger partial charge in [-0.1, -0.05) is 107 Å². The van der Waals surface area contributed by atoms with E-state index in [1.165, 1.54) is 22.3 Å². The fourth-order valence-corrected chi connectivity index (χ4v) is 3.92. The van der Waals surface area contributed by atoms with Gasteiger partial charge in [0.25, 0.3) is 0 Å². The predicted molar refractivity (Wildman–Crippen MR) is 153 cm³/mol. The van der Waals surface area contributed by atoms with Crippen molar-refractivity contribution in [3.05, 3.63) is 58.7 Å². The maximum atomic E-state index is 5.08. The van der Waals surface area contributed by atoms with Crippen molar-refractivity contribution in [3.8, 4) is 0 Å². The number of benzene rings is 2. The number of hydrogen-bond donors (Lipinski definition) is 0. The molecular formula is C32H48N2. The quantitative estimate of drug-likeness (QED) is 0.407. The van der Waals surface area contributed by atoms with Gasteiger partial charge in [0, 0.05) is 0 Å². The summed E-state index contributed by atoms with van der Waals surface area (Å²) in [7, 11) is 0. The summed E-state index contributed by atoms with van der Waals surface area (Å²) in [6, 6.07) is 13.5. The Hall–Kier alpha value is -2.22. The van der Waals surface area contributed by atoms with Crippen molar-refractivity contribution in [1.82, 2.24) is 0 Å². The highest BCUT2D eigenvalue weighted by Crippen LogP contribution is 2.37. The van der Waals surface area contributed by atoms with Gasteiger partial charge in [-0.25, -0.2) is 0 Å². The highest BCUT2D eigenvalue weighted by molar-refractivity contribution is 6.41. The van der Waals surface area contributed by atoms with Crippen molar-refractivity contribution in [3.63, 3.8) is 0 Å². The van der Waals surface area contributed by atoms with E-state index in [0.717, 1.165) is 22.8 Å². The summed E-state index contributed by atoms with van der Waals surface area (Å²) in [6.45, 7) is 31.3. The fourth-order valence-electron chi connectivity index (χ4n) is 3.92. The van der Waals surface area contributed by atoms with Gasteiger partial charge >= 0.3 is 0 Å². The molecule has 0 unspecified atom stereocenters. The molecule has 2 aromatic carbocycles. The monoisotopic (exact) mass is 460 g/mol. The molecule has 0 amide bonds. The molecule has 34 heavy (non-hydrogen) atoms. The molecule has 0 bridgehead atoms. The molecule has 0 N–H and O–H groups in total. The van der Waals surface area contributed by atoms with Crippen molar-refractivity contribution < 1.29 is 0 Å². The van der Waals surface area contributed by atoms with Gasteiger partial charge in [0.15, 0.2) is 0 Å². The van der Waals surface area contributed by atoms with Gasteiger partial charge in [-0.15, -0.1) is 0 Å². The molecule has 0 saturated carbocycles. The standard InChI is InChI=1S/C32H48N2/c1-21(33-27-17-15-23(29(3,4)5)19-25(27)31(9,10)11)22(2)34-28-18-16-24(30(6,7)8)20-26(28)32(12,13)14/h15-20H,1-14H3. The van der Waals surface area contributed by atoms with Gasteiger partial charge in [0.1, 0.15) is 0 Å². The molecule has 2 nitrogen and oxygen atoms in total. The van der Waals surface area contributed by atoms with Crippen molar-refractivity contribution in [2.45, 2.75) is 119 Å². The number of aliphatic imine (C=N–C) groups is 2. The van der Waals surface area contributed by atoms with E-state index >= 15 is 0 Å². The first-order valence-corrected chi connectivity index (χ1v) is 12.6. The minimum Gasteiger partial charge on any atom is -0.252 e. The molecule has 0 aliphatic heterocycles. The van der Waals surface area contributed by atoms with Crippen molar-refractivity contribution >= 4 is 22.8 Å². The van der Waals surface area contributed by atoms with Crippen LogP contribution in [-0.4, -0.2) is 11.4 Å². The second-order valence-corrected chi connectivity index (χ2v) is 13.9. The minimum atomic E-state index is 0.00755. The van der Waals surface area contributed by atoms with E-state index in [4.69, 9.17) is 9.98 Å². The van der Waals surface area contributed by atoms with E-state index in [-0.39, 0.29) is 21.7 Å². The highest BCUT2D eigenvalue weighted by atomic mass is 14.8. The van der Waals surface area contributed by atoms with Crippen LogP contribution in [0.25, 0.3) is 0 Å². The second-order valence-electron chi connectivity index (χ2n) is 13.9. The van der Waals surface area contributed by atoms with Gasteiger partial charge in [0.05, 0.1) is 22.8 Å². The summed E-state index contributed by atoms with van der Waals surface area (Å²) < 4.78 is 0. The van der Waals surface area contributed by atoms with Crippen molar-refractivity contribution in [2.75, 3.05) is 0 Å². The van der Waals surface area contributed by atoms with E-state index in [2.05, 4.69) is 133 Å². The van der Waals surface area contributed by atoms with Gasteiger partial charge in [-0.05, 0) is 69.9 Å². The SMILES string of the molecule is CC(=Nc1ccc(C(C)(C)C)cc1C(C)(C)C)C(C)=Nc1ccc(C(C)(C)C)cc1C(C)(C)C. The molecule has 0 heterocycles. The molecule has 0 fully saturated rings. The Balaban J connectivity index is 2.59. The van der Waals surface area contributed by atoms with Crippen LogP contribution in [0.5, 0.6) is 0 Å². The number of nitrogens with zero attached hydrogens (tertiary/aromatic N) is 2. The summed E-state index contributed by atoms with van der Waals surface area (Å²) in [6.07, 6.45) is 0. The molecule has 186 valence electrons. The van der Waals surface area contributed by atoms with Gasteiger partial charge in [-0.2, -0.15) is 0 Å². The Labute approximate surface area is 210 Å². The van der Waals surface area contributed by atoms with Crippen molar-refractivity contribution in [2.24, 2.45) is 9.98 Å². The lowest BCUT2D eigenvalue weighted by Crippen LogP contribution is -2.17. The van der Waals surface area contributed by atoms with Crippen LogP contribution in [0.4, 0.5) is 11.4 Å². The largest absolute Gasteiger partial charge is 0.252 e.